The molecule has 1 aliphatic heterocycles. The fourth-order valence-corrected chi connectivity index (χ4v) is 5.57. The van der Waals surface area contributed by atoms with Crippen LogP contribution in [0.4, 0.5) is 0 Å². The van der Waals surface area contributed by atoms with Gasteiger partial charge in [0.15, 0.2) is 0 Å². The molecule has 6 rings (SSSR count). The molecule has 0 radical (unpaired) electrons. The molecule has 2 aromatic heterocycles. The maximum absolute atomic E-state index is 6.32. The van der Waals surface area contributed by atoms with Crippen LogP contribution in [0.5, 0.6) is 0 Å². The minimum Gasteiger partial charge on any atom is -0.455 e. The number of hydrogen-bond acceptors (Lipinski definition) is 3. The van der Waals surface area contributed by atoms with E-state index in [2.05, 4.69) is 70.7 Å². The van der Waals surface area contributed by atoms with Gasteiger partial charge in [-0.1, -0.05) is 36.4 Å². The van der Waals surface area contributed by atoms with Crippen LogP contribution in [0.15, 0.2) is 65.1 Å². The molecule has 4 heteroatoms. The van der Waals surface area contributed by atoms with Crippen LogP contribution >= 0.6 is 0 Å². The van der Waals surface area contributed by atoms with E-state index in [9.17, 15) is 0 Å². The Morgan fingerprint density at radius 3 is 2.64 bits per heavy atom. The fraction of sp³-hybridized carbons (Fsp3) is 0.310. The van der Waals surface area contributed by atoms with Gasteiger partial charge in [-0.15, -0.1) is 0 Å². The number of H-pyrrole nitrogens is 1. The van der Waals surface area contributed by atoms with Crippen LogP contribution in [0.3, 0.4) is 0 Å². The minimum absolute atomic E-state index is 0.650. The van der Waals surface area contributed by atoms with Crippen molar-refractivity contribution in [3.05, 3.63) is 71.8 Å². The van der Waals surface area contributed by atoms with Gasteiger partial charge in [0.1, 0.15) is 11.2 Å². The Labute approximate surface area is 194 Å². The molecule has 168 valence electrons. The highest BCUT2D eigenvalue weighted by molar-refractivity contribution is 6.10. The molecule has 0 unspecified atom stereocenters. The van der Waals surface area contributed by atoms with Crippen LogP contribution in [-0.2, 0) is 0 Å². The lowest BCUT2D eigenvalue weighted by Gasteiger charge is -2.32. The molecule has 0 spiro atoms. The third-order valence-electron chi connectivity index (χ3n) is 7.49. The molecule has 0 saturated carbocycles. The zero-order valence-electron chi connectivity index (χ0n) is 19.4. The first-order valence-corrected chi connectivity index (χ1v) is 12.1. The summed E-state index contributed by atoms with van der Waals surface area (Å²) < 4.78 is 6.32. The number of fused-ring (bicyclic) bond motifs is 4. The monoisotopic (exact) mass is 437 g/mol. The summed E-state index contributed by atoms with van der Waals surface area (Å²) in [5, 5.41) is 6.94. The Morgan fingerprint density at radius 2 is 1.79 bits per heavy atom. The number of nitrogens with one attached hydrogen (secondary N) is 2. The molecule has 3 heterocycles. The molecule has 1 aliphatic rings. The van der Waals surface area contributed by atoms with Crippen molar-refractivity contribution in [2.24, 2.45) is 0 Å². The SMILES string of the molecule is CNCCN1CCC(c2ccc3[nH]c(-c4cccc5c4oc4ccccc45)c(C)c3c2)CC1. The van der Waals surface area contributed by atoms with Crippen LogP contribution in [0.25, 0.3) is 44.1 Å². The Bertz CT molecular complexity index is 1440. The van der Waals surface area contributed by atoms with Crippen molar-refractivity contribution < 1.29 is 4.42 Å². The zero-order valence-corrected chi connectivity index (χ0v) is 19.4. The second-order valence-electron chi connectivity index (χ2n) is 9.43. The number of aromatic amines is 1. The van der Waals surface area contributed by atoms with Gasteiger partial charge in [0.05, 0.1) is 5.69 Å². The smallest absolute Gasteiger partial charge is 0.144 e. The zero-order chi connectivity index (χ0) is 22.4. The third-order valence-corrected chi connectivity index (χ3v) is 7.49. The summed E-state index contributed by atoms with van der Waals surface area (Å²) in [6, 6.07) is 21.8. The van der Waals surface area contributed by atoms with Gasteiger partial charge in [-0.05, 0) is 81.2 Å². The standard InChI is InChI=1S/C29H31N3O/c1-19-25-18-21(20-12-15-32(16-13-20)17-14-30-2)10-11-26(25)31-28(19)24-8-5-7-23-22-6-3-4-9-27(22)33-29(23)24/h3-11,18,20,30-31H,12-17H2,1-2H3. The summed E-state index contributed by atoms with van der Waals surface area (Å²) >= 11 is 0. The number of benzene rings is 3. The largest absolute Gasteiger partial charge is 0.455 e. The van der Waals surface area contributed by atoms with Gasteiger partial charge >= 0.3 is 0 Å². The molecule has 1 saturated heterocycles. The van der Waals surface area contributed by atoms with E-state index in [4.69, 9.17) is 4.42 Å². The number of likely N-dealkylation sites (tertiary alicyclic amines) is 1. The summed E-state index contributed by atoms with van der Waals surface area (Å²) in [6.07, 6.45) is 2.48. The Kier molecular flexibility index (Phi) is 5.20. The van der Waals surface area contributed by atoms with E-state index < -0.39 is 0 Å². The molecule has 1 fully saturated rings. The van der Waals surface area contributed by atoms with E-state index in [1.807, 2.05) is 19.2 Å². The van der Waals surface area contributed by atoms with Crippen molar-refractivity contribution in [1.29, 1.82) is 0 Å². The molecule has 2 N–H and O–H groups in total. The second-order valence-corrected chi connectivity index (χ2v) is 9.43. The molecule has 0 aliphatic carbocycles. The molecular weight excluding hydrogens is 406 g/mol. The molecule has 0 bridgehead atoms. The van der Waals surface area contributed by atoms with Crippen molar-refractivity contribution >= 4 is 32.8 Å². The number of likely N-dealkylation sites (N-methyl/N-ethyl adjacent to an activating group) is 1. The van der Waals surface area contributed by atoms with Crippen LogP contribution < -0.4 is 5.32 Å². The quantitative estimate of drug-likeness (QED) is 0.332. The first-order valence-electron chi connectivity index (χ1n) is 12.1. The molecular formula is C29H31N3O. The maximum atomic E-state index is 6.32. The van der Waals surface area contributed by atoms with E-state index in [1.54, 1.807) is 0 Å². The number of aromatic nitrogens is 1. The number of furan rings is 1. The summed E-state index contributed by atoms with van der Waals surface area (Å²) in [5.74, 6) is 0.650. The second kappa shape index (κ2) is 8.36. The lowest BCUT2D eigenvalue weighted by atomic mass is 9.88. The topological polar surface area (TPSA) is 44.2 Å². The molecule has 0 amide bonds. The van der Waals surface area contributed by atoms with Gasteiger partial charge < -0.3 is 19.6 Å². The van der Waals surface area contributed by atoms with Crippen LogP contribution in [0, 0.1) is 6.92 Å². The number of aryl methyl sites for hydroxylation is 1. The van der Waals surface area contributed by atoms with Crippen LogP contribution in [-0.4, -0.2) is 43.1 Å². The summed E-state index contributed by atoms with van der Waals surface area (Å²) in [4.78, 5) is 6.28. The van der Waals surface area contributed by atoms with E-state index in [-0.39, 0.29) is 0 Å². The summed E-state index contributed by atoms with van der Waals surface area (Å²) in [7, 11) is 2.03. The molecule has 4 nitrogen and oxygen atoms in total. The lowest BCUT2D eigenvalue weighted by molar-refractivity contribution is 0.214. The Hall–Kier alpha value is -3.08. The first-order chi connectivity index (χ1) is 16.2. The first kappa shape index (κ1) is 20.5. The van der Waals surface area contributed by atoms with Gasteiger partial charge in [-0.2, -0.15) is 0 Å². The highest BCUT2D eigenvalue weighted by Gasteiger charge is 2.22. The number of para-hydroxylation sites is 2. The van der Waals surface area contributed by atoms with Crippen LogP contribution in [0.2, 0.25) is 0 Å². The predicted octanol–water partition coefficient (Wildman–Crippen LogP) is 6.44. The van der Waals surface area contributed by atoms with E-state index in [0.29, 0.717) is 5.92 Å². The number of rotatable bonds is 5. The Morgan fingerprint density at radius 1 is 0.970 bits per heavy atom. The van der Waals surface area contributed by atoms with Crippen molar-refractivity contribution in [3.63, 3.8) is 0 Å². The van der Waals surface area contributed by atoms with Gasteiger partial charge in [0.2, 0.25) is 0 Å². The van der Waals surface area contributed by atoms with Gasteiger partial charge in [0, 0.05) is 40.3 Å². The van der Waals surface area contributed by atoms with E-state index in [0.717, 1.165) is 35.5 Å². The molecule has 0 atom stereocenters. The highest BCUT2D eigenvalue weighted by Crippen LogP contribution is 2.39. The number of piperidine rings is 1. The molecule has 33 heavy (non-hydrogen) atoms. The third kappa shape index (κ3) is 3.54. The van der Waals surface area contributed by atoms with E-state index in [1.165, 1.54) is 58.7 Å². The predicted molar refractivity (Wildman–Crippen MR) is 138 cm³/mol. The van der Waals surface area contributed by atoms with Gasteiger partial charge in [0.25, 0.3) is 0 Å². The normalized spacial score (nSPS) is 15.8. The maximum Gasteiger partial charge on any atom is 0.144 e. The summed E-state index contributed by atoms with van der Waals surface area (Å²) in [6.45, 7) is 6.83. The summed E-state index contributed by atoms with van der Waals surface area (Å²) in [5.41, 5.74) is 8.17. The highest BCUT2D eigenvalue weighted by atomic mass is 16.3. The van der Waals surface area contributed by atoms with Crippen molar-refractivity contribution in [2.75, 3.05) is 33.2 Å². The average molecular weight is 438 g/mol. The van der Waals surface area contributed by atoms with Crippen molar-refractivity contribution in [3.8, 4) is 11.3 Å². The molecule has 5 aromatic rings. The van der Waals surface area contributed by atoms with Crippen molar-refractivity contribution in [2.45, 2.75) is 25.7 Å². The minimum atomic E-state index is 0.650. The van der Waals surface area contributed by atoms with Gasteiger partial charge in [-0.25, -0.2) is 0 Å². The van der Waals surface area contributed by atoms with Gasteiger partial charge in [-0.3, -0.25) is 0 Å². The van der Waals surface area contributed by atoms with Crippen LogP contribution in [0.1, 0.15) is 29.9 Å². The fourth-order valence-electron chi connectivity index (χ4n) is 5.57. The Balaban J connectivity index is 1.36. The lowest BCUT2D eigenvalue weighted by Crippen LogP contribution is -2.37. The molecule has 3 aromatic carbocycles. The number of nitrogens with zero attached hydrogens (tertiary/aromatic N) is 1. The van der Waals surface area contributed by atoms with E-state index >= 15 is 0 Å². The van der Waals surface area contributed by atoms with Crippen molar-refractivity contribution in [1.82, 2.24) is 15.2 Å². The average Bonchev–Trinajstić information content (AvgIpc) is 3.40. The number of hydrogen-bond donors (Lipinski definition) is 2.